The van der Waals surface area contributed by atoms with Gasteiger partial charge in [0, 0.05) is 17.5 Å². The van der Waals surface area contributed by atoms with Crippen LogP contribution >= 0.6 is 0 Å². The molecule has 0 unspecified atom stereocenters. The highest BCUT2D eigenvalue weighted by Crippen LogP contribution is 2.25. The first-order valence-corrected chi connectivity index (χ1v) is 4.82. The lowest BCUT2D eigenvalue weighted by molar-refractivity contribution is -0.112. The molecule has 0 bridgehead atoms. The lowest BCUT2D eigenvalue weighted by atomic mass is 10.0. The van der Waals surface area contributed by atoms with Crippen LogP contribution in [0.25, 0.3) is 0 Å². The second-order valence-electron chi connectivity index (χ2n) is 3.56. The summed E-state index contributed by atoms with van der Waals surface area (Å²) in [5.41, 5.74) is 3.48. The molecule has 2 heteroatoms. The summed E-state index contributed by atoms with van der Waals surface area (Å²) in [7, 11) is 0. The molecule has 0 aliphatic carbocycles. The van der Waals surface area contributed by atoms with E-state index >= 15 is 0 Å². The Hall–Kier alpha value is -1.57. The number of hydrogen-bond acceptors (Lipinski definition) is 2. The van der Waals surface area contributed by atoms with Gasteiger partial charge in [-0.3, -0.25) is 4.79 Å². The van der Waals surface area contributed by atoms with E-state index in [0.29, 0.717) is 0 Å². The minimum atomic E-state index is 0.104. The fourth-order valence-electron chi connectivity index (χ4n) is 1.72. The van der Waals surface area contributed by atoms with E-state index in [9.17, 15) is 4.79 Å². The zero-order chi connectivity index (χ0) is 9.97. The number of fused-ring (bicyclic) bond motifs is 1. The van der Waals surface area contributed by atoms with Crippen molar-refractivity contribution in [3.63, 3.8) is 0 Å². The van der Waals surface area contributed by atoms with E-state index in [1.54, 1.807) is 13.0 Å². The molecule has 1 aliphatic rings. The van der Waals surface area contributed by atoms with Crippen LogP contribution in [0.1, 0.15) is 18.9 Å². The van der Waals surface area contributed by atoms with Gasteiger partial charge in [-0.05, 0) is 31.4 Å². The van der Waals surface area contributed by atoms with Gasteiger partial charge in [0.1, 0.15) is 0 Å². The lowest BCUT2D eigenvalue weighted by Crippen LogP contribution is -2.10. The van der Waals surface area contributed by atoms with Gasteiger partial charge in [-0.2, -0.15) is 0 Å². The molecule has 1 aromatic carbocycles. The van der Waals surface area contributed by atoms with E-state index in [-0.39, 0.29) is 5.78 Å². The fraction of sp³-hybridized carbons (Fsp3) is 0.250. The van der Waals surface area contributed by atoms with Crippen LogP contribution in [0.4, 0.5) is 5.69 Å². The number of hydrogen-bond donors (Lipinski definition) is 1. The molecule has 1 N–H and O–H groups in total. The summed E-state index contributed by atoms with van der Waals surface area (Å²) >= 11 is 0. The van der Waals surface area contributed by atoms with Crippen molar-refractivity contribution in [3.05, 3.63) is 41.6 Å². The second-order valence-corrected chi connectivity index (χ2v) is 3.56. The summed E-state index contributed by atoms with van der Waals surface area (Å²) in [4.78, 5) is 10.9. The van der Waals surface area contributed by atoms with Crippen molar-refractivity contribution < 1.29 is 4.79 Å². The largest absolute Gasteiger partial charge is 0.359 e. The molecule has 1 heterocycles. The lowest BCUT2D eigenvalue weighted by Gasteiger charge is -2.20. The molecule has 0 spiro atoms. The predicted octanol–water partition coefficient (Wildman–Crippen LogP) is 2.52. The molecule has 0 atom stereocenters. The van der Waals surface area contributed by atoms with Crippen LogP contribution in [0.15, 0.2) is 36.0 Å². The topological polar surface area (TPSA) is 29.1 Å². The summed E-state index contributed by atoms with van der Waals surface area (Å²) in [5, 5.41) is 3.27. The van der Waals surface area contributed by atoms with Crippen LogP contribution in [0.3, 0.4) is 0 Å². The Morgan fingerprint density at radius 3 is 2.93 bits per heavy atom. The molecule has 0 saturated carbocycles. The van der Waals surface area contributed by atoms with Gasteiger partial charge in [-0.15, -0.1) is 0 Å². The molecule has 2 nitrogen and oxygen atoms in total. The van der Waals surface area contributed by atoms with Crippen molar-refractivity contribution in [2.24, 2.45) is 0 Å². The molecule has 72 valence electrons. The van der Waals surface area contributed by atoms with Gasteiger partial charge < -0.3 is 5.32 Å². The number of benzene rings is 1. The highest BCUT2D eigenvalue weighted by Gasteiger charge is 2.11. The minimum absolute atomic E-state index is 0.104. The first-order valence-electron chi connectivity index (χ1n) is 4.82. The molecule has 0 amide bonds. The van der Waals surface area contributed by atoms with Crippen molar-refractivity contribution in [1.29, 1.82) is 0 Å². The van der Waals surface area contributed by atoms with Crippen LogP contribution in [0.2, 0.25) is 0 Å². The van der Waals surface area contributed by atoms with E-state index < -0.39 is 0 Å². The zero-order valence-corrected chi connectivity index (χ0v) is 8.21. The second kappa shape index (κ2) is 3.66. The number of para-hydroxylation sites is 1. The van der Waals surface area contributed by atoms with Crippen LogP contribution in [-0.4, -0.2) is 5.78 Å². The summed E-state index contributed by atoms with van der Waals surface area (Å²) in [6, 6.07) is 8.21. The average molecular weight is 187 g/mol. The number of carbonyl (C=O) groups excluding carboxylic acids is 1. The highest BCUT2D eigenvalue weighted by molar-refractivity contribution is 5.88. The van der Waals surface area contributed by atoms with Gasteiger partial charge in [0.05, 0.1) is 0 Å². The Morgan fingerprint density at radius 1 is 1.36 bits per heavy atom. The Bertz CT molecular complexity index is 393. The molecular formula is C12H13NO. The summed E-state index contributed by atoms with van der Waals surface area (Å²) in [5.74, 6) is 0.104. The van der Waals surface area contributed by atoms with E-state index in [2.05, 4.69) is 11.4 Å². The van der Waals surface area contributed by atoms with Crippen molar-refractivity contribution in [2.45, 2.75) is 19.8 Å². The third kappa shape index (κ3) is 1.84. The van der Waals surface area contributed by atoms with Crippen molar-refractivity contribution in [2.75, 3.05) is 5.32 Å². The number of allylic oxidation sites excluding steroid dienone is 2. The first-order chi connectivity index (χ1) is 6.75. The summed E-state index contributed by atoms with van der Waals surface area (Å²) < 4.78 is 0. The molecule has 1 aliphatic heterocycles. The number of ketones is 1. The number of aryl methyl sites for hydroxylation is 1. The molecule has 0 aromatic heterocycles. The molecule has 2 rings (SSSR count). The van der Waals surface area contributed by atoms with Gasteiger partial charge in [0.2, 0.25) is 0 Å². The maximum Gasteiger partial charge on any atom is 0.154 e. The number of rotatable bonds is 1. The predicted molar refractivity (Wildman–Crippen MR) is 57.1 cm³/mol. The third-order valence-electron chi connectivity index (χ3n) is 2.35. The molecule has 0 fully saturated rings. The molecular weight excluding hydrogens is 174 g/mol. The van der Waals surface area contributed by atoms with Crippen LogP contribution in [0, 0.1) is 0 Å². The Balaban J connectivity index is 2.25. The SMILES string of the molecule is CC(=O)/C=C1/CCc2ccccc2N1. The minimum Gasteiger partial charge on any atom is -0.359 e. The van der Waals surface area contributed by atoms with Gasteiger partial charge in [-0.1, -0.05) is 18.2 Å². The molecule has 14 heavy (non-hydrogen) atoms. The number of anilines is 1. The van der Waals surface area contributed by atoms with E-state index in [1.165, 1.54) is 5.56 Å². The van der Waals surface area contributed by atoms with E-state index in [1.807, 2.05) is 18.2 Å². The van der Waals surface area contributed by atoms with Crippen LogP contribution in [0.5, 0.6) is 0 Å². The quantitative estimate of drug-likeness (QED) is 0.684. The van der Waals surface area contributed by atoms with Gasteiger partial charge >= 0.3 is 0 Å². The normalized spacial score (nSPS) is 17.4. The van der Waals surface area contributed by atoms with Gasteiger partial charge in [-0.25, -0.2) is 0 Å². The van der Waals surface area contributed by atoms with Gasteiger partial charge in [0.15, 0.2) is 5.78 Å². The third-order valence-corrected chi connectivity index (χ3v) is 2.35. The maximum atomic E-state index is 10.9. The van der Waals surface area contributed by atoms with Crippen LogP contribution < -0.4 is 5.32 Å². The fourth-order valence-corrected chi connectivity index (χ4v) is 1.72. The Kier molecular flexibility index (Phi) is 2.35. The first kappa shape index (κ1) is 9.00. The summed E-state index contributed by atoms with van der Waals surface area (Å²) in [6.07, 6.45) is 3.62. The van der Waals surface area contributed by atoms with E-state index in [4.69, 9.17) is 0 Å². The Labute approximate surface area is 83.6 Å². The Morgan fingerprint density at radius 2 is 2.14 bits per heavy atom. The average Bonchev–Trinajstić information content (AvgIpc) is 2.17. The van der Waals surface area contributed by atoms with Crippen LogP contribution in [-0.2, 0) is 11.2 Å². The summed E-state index contributed by atoms with van der Waals surface area (Å²) in [6.45, 7) is 1.58. The van der Waals surface area contributed by atoms with Crippen molar-refractivity contribution in [3.8, 4) is 0 Å². The van der Waals surface area contributed by atoms with Crippen molar-refractivity contribution >= 4 is 11.5 Å². The highest BCUT2D eigenvalue weighted by atomic mass is 16.1. The van der Waals surface area contributed by atoms with E-state index in [0.717, 1.165) is 24.2 Å². The number of carbonyl (C=O) groups is 1. The van der Waals surface area contributed by atoms with Crippen molar-refractivity contribution in [1.82, 2.24) is 0 Å². The zero-order valence-electron chi connectivity index (χ0n) is 8.21. The van der Waals surface area contributed by atoms with Gasteiger partial charge in [0.25, 0.3) is 0 Å². The monoisotopic (exact) mass is 187 g/mol. The smallest absolute Gasteiger partial charge is 0.154 e. The maximum absolute atomic E-state index is 10.9. The molecule has 0 radical (unpaired) electrons. The number of nitrogens with one attached hydrogen (secondary N) is 1. The molecule has 1 aromatic rings. The molecule has 0 saturated heterocycles. The standard InChI is InChI=1S/C12H13NO/c1-9(14)8-11-7-6-10-4-2-3-5-12(10)13-11/h2-5,8,13H,6-7H2,1H3/b11-8-.